The van der Waals surface area contributed by atoms with Gasteiger partial charge in [0, 0.05) is 0 Å². The van der Waals surface area contributed by atoms with Crippen molar-refractivity contribution in [2.75, 3.05) is 13.7 Å². The number of halogens is 3. The molecular weight excluding hydrogens is 411 g/mol. The number of amides is 1. The second kappa shape index (κ2) is 10.0. The monoisotopic (exact) mass is 437 g/mol. The van der Waals surface area contributed by atoms with Crippen LogP contribution in [0.15, 0.2) is 54.6 Å². The molecule has 1 amide bonds. The highest BCUT2D eigenvalue weighted by molar-refractivity contribution is 5.69. The van der Waals surface area contributed by atoms with Crippen molar-refractivity contribution in [3.8, 4) is 5.75 Å². The Morgan fingerprint density at radius 2 is 1.77 bits per heavy atom. The predicted octanol–water partition coefficient (Wildman–Crippen LogP) is 4.58. The number of methoxy groups -OCH3 is 1. The molecule has 1 aliphatic rings. The van der Waals surface area contributed by atoms with Crippen LogP contribution in [-0.4, -0.2) is 48.1 Å². The Bertz CT molecular complexity index is 842. The average molecular weight is 437 g/mol. The fourth-order valence-electron chi connectivity index (χ4n) is 4.06. The number of hydrogen-bond donors (Lipinski definition) is 1. The fourth-order valence-corrected chi connectivity index (χ4v) is 4.06. The Kier molecular flexibility index (Phi) is 7.43. The number of ether oxygens (including phenoxy) is 2. The molecule has 31 heavy (non-hydrogen) atoms. The van der Waals surface area contributed by atoms with Crippen LogP contribution in [0.5, 0.6) is 5.75 Å². The van der Waals surface area contributed by atoms with Crippen LogP contribution in [0.4, 0.5) is 18.0 Å². The van der Waals surface area contributed by atoms with Gasteiger partial charge in [0.1, 0.15) is 18.4 Å². The minimum atomic E-state index is -4.60. The second-order valence-corrected chi connectivity index (χ2v) is 7.64. The first-order chi connectivity index (χ1) is 14.8. The first kappa shape index (κ1) is 22.9. The van der Waals surface area contributed by atoms with Crippen molar-refractivity contribution in [1.82, 2.24) is 4.90 Å². The number of aliphatic hydroxyl groups is 1. The lowest BCUT2D eigenvalue weighted by Crippen LogP contribution is -2.49. The summed E-state index contributed by atoms with van der Waals surface area (Å²) in [7, 11) is 1.56. The molecule has 1 aliphatic heterocycles. The van der Waals surface area contributed by atoms with Crippen LogP contribution in [0.1, 0.15) is 24.0 Å². The quantitative estimate of drug-likeness (QED) is 0.689. The Morgan fingerprint density at radius 3 is 2.35 bits per heavy atom. The van der Waals surface area contributed by atoms with Gasteiger partial charge in [0.25, 0.3) is 0 Å². The summed E-state index contributed by atoms with van der Waals surface area (Å²) >= 11 is 0. The third-order valence-corrected chi connectivity index (χ3v) is 5.71. The number of aryl methyl sites for hydroxylation is 1. The van der Waals surface area contributed by atoms with Crippen LogP contribution >= 0.6 is 0 Å². The summed E-state index contributed by atoms with van der Waals surface area (Å²) in [5.41, 5.74) is 1.63. The number of hydrogen-bond acceptors (Lipinski definition) is 4. The van der Waals surface area contributed by atoms with Crippen molar-refractivity contribution in [2.24, 2.45) is 5.92 Å². The van der Waals surface area contributed by atoms with Crippen molar-refractivity contribution in [2.45, 2.75) is 44.1 Å². The van der Waals surface area contributed by atoms with Gasteiger partial charge < -0.3 is 14.6 Å². The number of benzene rings is 2. The lowest BCUT2D eigenvalue weighted by atomic mass is 9.92. The molecule has 0 bridgehead atoms. The molecule has 3 atom stereocenters. The fraction of sp³-hybridized carbons (Fsp3) is 0.435. The predicted molar refractivity (Wildman–Crippen MR) is 109 cm³/mol. The number of carbonyl (C=O) groups excluding carboxylic acids is 1. The van der Waals surface area contributed by atoms with E-state index >= 15 is 0 Å². The van der Waals surface area contributed by atoms with E-state index in [4.69, 9.17) is 9.47 Å². The van der Waals surface area contributed by atoms with Crippen molar-refractivity contribution in [1.29, 1.82) is 0 Å². The van der Waals surface area contributed by atoms with E-state index < -0.39 is 36.9 Å². The molecular formula is C23H26F3NO4. The Balaban J connectivity index is 1.70. The van der Waals surface area contributed by atoms with Crippen LogP contribution in [0.3, 0.4) is 0 Å². The molecule has 8 heteroatoms. The van der Waals surface area contributed by atoms with Gasteiger partial charge in [-0.05, 0) is 48.4 Å². The molecule has 5 nitrogen and oxygen atoms in total. The normalized spacial score (nSPS) is 21.2. The summed E-state index contributed by atoms with van der Waals surface area (Å²) in [6.45, 7) is -0.685. The zero-order chi connectivity index (χ0) is 22.4. The highest BCUT2D eigenvalue weighted by Gasteiger charge is 2.55. The van der Waals surface area contributed by atoms with E-state index in [1.165, 1.54) is 0 Å². The Hall–Kier alpha value is -2.74. The van der Waals surface area contributed by atoms with Gasteiger partial charge in [0.15, 0.2) is 0 Å². The molecule has 0 radical (unpaired) electrons. The van der Waals surface area contributed by atoms with Crippen LogP contribution in [0, 0.1) is 5.92 Å². The van der Waals surface area contributed by atoms with E-state index in [1.54, 1.807) is 49.6 Å². The van der Waals surface area contributed by atoms with E-state index in [9.17, 15) is 23.1 Å². The summed E-state index contributed by atoms with van der Waals surface area (Å²) in [5.74, 6) is 0.199. The molecule has 0 unspecified atom stereocenters. The van der Waals surface area contributed by atoms with Gasteiger partial charge in [-0.25, -0.2) is 4.79 Å². The summed E-state index contributed by atoms with van der Waals surface area (Å²) in [4.78, 5) is 13.3. The molecule has 1 N–H and O–H groups in total. The van der Waals surface area contributed by atoms with Crippen LogP contribution in [0.2, 0.25) is 0 Å². The van der Waals surface area contributed by atoms with Gasteiger partial charge in [-0.15, -0.1) is 0 Å². The molecule has 0 aliphatic carbocycles. The van der Waals surface area contributed by atoms with Gasteiger partial charge in [-0.3, -0.25) is 4.90 Å². The zero-order valence-corrected chi connectivity index (χ0v) is 17.2. The third-order valence-electron chi connectivity index (χ3n) is 5.71. The van der Waals surface area contributed by atoms with Crippen LogP contribution < -0.4 is 4.74 Å². The van der Waals surface area contributed by atoms with E-state index in [1.807, 2.05) is 12.1 Å². The largest absolute Gasteiger partial charge is 0.497 e. The standard InChI is InChI=1S/C23H26F3NO4/c1-30-19-11-8-16(9-12-19)7-10-18-13-21(23(24,25)26)27(20(18)14-28)22(29)31-15-17-5-3-2-4-6-17/h2-6,8-9,11-12,18,20-21,28H,7,10,13-15H2,1H3/t18-,20-,21-/m0/s1. The SMILES string of the molecule is COc1ccc(CC[C@H]2C[C@@H](C(F)(F)F)N(C(=O)OCc3ccccc3)[C@H]2CO)cc1. The molecule has 1 heterocycles. The van der Waals surface area contributed by atoms with E-state index in [0.29, 0.717) is 29.1 Å². The minimum absolute atomic E-state index is 0.130. The number of aliphatic hydroxyl groups excluding tert-OH is 1. The third kappa shape index (κ3) is 5.70. The highest BCUT2D eigenvalue weighted by Crippen LogP contribution is 2.41. The maximum absolute atomic E-state index is 13.7. The van der Waals surface area contributed by atoms with E-state index in [2.05, 4.69) is 0 Å². The van der Waals surface area contributed by atoms with Gasteiger partial charge in [0.05, 0.1) is 19.8 Å². The molecule has 168 valence electrons. The summed E-state index contributed by atoms with van der Waals surface area (Å²) in [5, 5.41) is 9.86. The smallest absolute Gasteiger partial charge is 0.411 e. The summed E-state index contributed by atoms with van der Waals surface area (Å²) in [6, 6.07) is 13.1. The molecule has 0 aromatic heterocycles. The molecule has 1 saturated heterocycles. The number of nitrogens with zero attached hydrogens (tertiary/aromatic N) is 1. The van der Waals surface area contributed by atoms with Crippen molar-refractivity contribution < 1.29 is 32.5 Å². The molecule has 3 rings (SSSR count). The Labute approximate surface area is 179 Å². The number of rotatable bonds is 7. The average Bonchev–Trinajstić information content (AvgIpc) is 3.16. The number of likely N-dealkylation sites (tertiary alicyclic amines) is 1. The van der Waals surface area contributed by atoms with E-state index in [-0.39, 0.29) is 13.0 Å². The maximum atomic E-state index is 13.7. The first-order valence-electron chi connectivity index (χ1n) is 10.1. The lowest BCUT2D eigenvalue weighted by molar-refractivity contribution is -0.175. The van der Waals surface area contributed by atoms with Crippen molar-refractivity contribution in [3.05, 3.63) is 65.7 Å². The van der Waals surface area contributed by atoms with Gasteiger partial charge in [0.2, 0.25) is 0 Å². The second-order valence-electron chi connectivity index (χ2n) is 7.64. The summed E-state index contributed by atoms with van der Waals surface area (Å²) in [6.07, 6.45) is -4.98. The number of alkyl halides is 3. The summed E-state index contributed by atoms with van der Waals surface area (Å²) < 4.78 is 51.4. The van der Waals surface area contributed by atoms with Crippen LogP contribution in [0.25, 0.3) is 0 Å². The highest BCUT2D eigenvalue weighted by atomic mass is 19.4. The van der Waals surface area contributed by atoms with E-state index in [0.717, 1.165) is 5.56 Å². The molecule has 0 saturated carbocycles. The van der Waals surface area contributed by atoms with Gasteiger partial charge >= 0.3 is 12.3 Å². The van der Waals surface area contributed by atoms with Crippen molar-refractivity contribution >= 4 is 6.09 Å². The van der Waals surface area contributed by atoms with Crippen LogP contribution in [-0.2, 0) is 17.8 Å². The Morgan fingerprint density at radius 1 is 1.10 bits per heavy atom. The minimum Gasteiger partial charge on any atom is -0.497 e. The molecule has 2 aromatic carbocycles. The topological polar surface area (TPSA) is 59.0 Å². The van der Waals surface area contributed by atoms with Crippen molar-refractivity contribution in [3.63, 3.8) is 0 Å². The van der Waals surface area contributed by atoms with Gasteiger partial charge in [-0.1, -0.05) is 42.5 Å². The first-order valence-corrected chi connectivity index (χ1v) is 10.1. The number of carbonyl (C=O) groups is 1. The maximum Gasteiger partial charge on any atom is 0.411 e. The molecule has 0 spiro atoms. The molecule has 1 fully saturated rings. The zero-order valence-electron chi connectivity index (χ0n) is 17.2. The lowest BCUT2D eigenvalue weighted by Gasteiger charge is -2.30. The van der Waals surface area contributed by atoms with Gasteiger partial charge in [-0.2, -0.15) is 13.2 Å². The molecule has 2 aromatic rings.